The zero-order chi connectivity index (χ0) is 30.6. The summed E-state index contributed by atoms with van der Waals surface area (Å²) >= 11 is 12.5. The predicted molar refractivity (Wildman–Crippen MR) is 152 cm³/mol. The summed E-state index contributed by atoms with van der Waals surface area (Å²) in [6.07, 6.45) is 0.196. The van der Waals surface area contributed by atoms with Crippen LogP contribution in [0.5, 0.6) is 0 Å². The smallest absolute Gasteiger partial charge is 0.280 e. The molecule has 0 radical (unpaired) electrons. The van der Waals surface area contributed by atoms with Gasteiger partial charge in [0.1, 0.15) is 11.9 Å². The summed E-state index contributed by atoms with van der Waals surface area (Å²) in [6, 6.07) is 5.45. The maximum absolute atomic E-state index is 15.5. The molecule has 0 aromatic heterocycles. The largest absolute Gasteiger partial charge is 0.368 e. The quantitative estimate of drug-likeness (QED) is 0.516. The first-order chi connectivity index (χ1) is 20.4. The van der Waals surface area contributed by atoms with E-state index >= 15 is 13.2 Å². The number of hydrogen-bond donors (Lipinski definition) is 1. The standard InChI is InChI=1S/C29H28Cl2F3N5O4/c30-19-2-1-3-21(25(19)31)36-8-10-37(11-9-36)23-6-7-38(15-29(23,33)34)27(42)18-12-16-14-39(28(43)17(16)13-20(18)32)22-4-5-24(40)35-26(22)41/h1-3,12-13,22-23H,4-11,14-15H2,(H,35,40,41). The normalized spacial score (nSPS) is 24.3. The summed E-state index contributed by atoms with van der Waals surface area (Å²) in [4.78, 5) is 56.0. The third kappa shape index (κ3) is 5.44. The number of piperidine rings is 2. The van der Waals surface area contributed by atoms with Crippen LogP contribution in [-0.2, 0) is 16.1 Å². The van der Waals surface area contributed by atoms with Crippen molar-refractivity contribution in [3.8, 4) is 0 Å². The van der Waals surface area contributed by atoms with Gasteiger partial charge in [0.25, 0.3) is 17.7 Å². The van der Waals surface area contributed by atoms with Crippen LogP contribution in [0.3, 0.4) is 0 Å². The molecule has 6 rings (SSSR count). The van der Waals surface area contributed by atoms with Crippen molar-refractivity contribution in [1.82, 2.24) is 20.0 Å². The summed E-state index contributed by atoms with van der Waals surface area (Å²) in [6.45, 7) is 0.772. The van der Waals surface area contributed by atoms with Gasteiger partial charge in [0, 0.05) is 51.3 Å². The number of piperazine rings is 1. The Morgan fingerprint density at radius 1 is 1.00 bits per heavy atom. The number of anilines is 1. The van der Waals surface area contributed by atoms with Crippen LogP contribution in [0.1, 0.15) is 45.5 Å². The first kappa shape index (κ1) is 29.7. The monoisotopic (exact) mass is 637 g/mol. The average Bonchev–Trinajstić information content (AvgIpc) is 3.28. The second-order valence-corrected chi connectivity index (χ2v) is 12.1. The minimum atomic E-state index is -3.24. The van der Waals surface area contributed by atoms with E-state index in [1.54, 1.807) is 17.0 Å². The van der Waals surface area contributed by atoms with Gasteiger partial charge in [-0.25, -0.2) is 13.2 Å². The Morgan fingerprint density at radius 3 is 2.44 bits per heavy atom. The van der Waals surface area contributed by atoms with Gasteiger partial charge in [-0.2, -0.15) is 0 Å². The van der Waals surface area contributed by atoms with Gasteiger partial charge in [-0.3, -0.25) is 29.4 Å². The van der Waals surface area contributed by atoms with Gasteiger partial charge in [-0.1, -0.05) is 29.3 Å². The van der Waals surface area contributed by atoms with E-state index in [1.165, 1.54) is 11.0 Å². The van der Waals surface area contributed by atoms with Crippen LogP contribution in [0.4, 0.5) is 18.9 Å². The maximum Gasteiger partial charge on any atom is 0.280 e. The van der Waals surface area contributed by atoms with Gasteiger partial charge in [-0.05, 0) is 42.7 Å². The van der Waals surface area contributed by atoms with Crippen molar-refractivity contribution in [2.24, 2.45) is 0 Å². The van der Waals surface area contributed by atoms with Gasteiger partial charge < -0.3 is 14.7 Å². The lowest BCUT2D eigenvalue weighted by Gasteiger charge is -2.46. The van der Waals surface area contributed by atoms with Gasteiger partial charge in [0.15, 0.2) is 0 Å². The fourth-order valence-corrected chi connectivity index (χ4v) is 6.90. The number of fused-ring (bicyclic) bond motifs is 1. The first-order valence-electron chi connectivity index (χ1n) is 14.0. The minimum absolute atomic E-state index is 0.000918. The second-order valence-electron chi connectivity index (χ2n) is 11.3. The van der Waals surface area contributed by atoms with Gasteiger partial charge in [-0.15, -0.1) is 0 Å². The zero-order valence-corrected chi connectivity index (χ0v) is 24.4. The van der Waals surface area contributed by atoms with Crippen LogP contribution in [0.25, 0.3) is 0 Å². The van der Waals surface area contributed by atoms with E-state index in [2.05, 4.69) is 5.32 Å². The Hall–Kier alpha value is -3.35. The Balaban J connectivity index is 1.11. The number of nitrogens with one attached hydrogen (secondary N) is 1. The number of benzene rings is 2. The highest BCUT2D eigenvalue weighted by molar-refractivity contribution is 6.43. The molecule has 2 aromatic rings. The van der Waals surface area contributed by atoms with Crippen molar-refractivity contribution >= 4 is 52.5 Å². The number of halogens is 5. The molecule has 0 bridgehead atoms. The fourth-order valence-electron chi connectivity index (χ4n) is 6.49. The summed E-state index contributed by atoms with van der Waals surface area (Å²) in [5.41, 5.74) is 0.664. The van der Waals surface area contributed by atoms with Crippen LogP contribution in [0, 0.1) is 5.82 Å². The third-order valence-electron chi connectivity index (χ3n) is 8.72. The Kier molecular flexibility index (Phi) is 7.80. The molecule has 2 unspecified atom stereocenters. The number of nitrogens with zero attached hydrogens (tertiary/aromatic N) is 4. The molecule has 0 aliphatic carbocycles. The highest BCUT2D eigenvalue weighted by atomic mass is 35.5. The van der Waals surface area contributed by atoms with Crippen molar-refractivity contribution in [3.63, 3.8) is 0 Å². The summed E-state index contributed by atoms with van der Waals surface area (Å²) < 4.78 is 46.2. The molecule has 0 saturated carbocycles. The first-order valence-corrected chi connectivity index (χ1v) is 14.8. The van der Waals surface area contributed by atoms with E-state index in [0.717, 1.165) is 16.7 Å². The molecule has 0 spiro atoms. The van der Waals surface area contributed by atoms with Crippen LogP contribution in [0.2, 0.25) is 10.0 Å². The number of amides is 4. The third-order valence-corrected chi connectivity index (χ3v) is 9.53. The minimum Gasteiger partial charge on any atom is -0.368 e. The Labute approximate surface area is 255 Å². The molecule has 43 heavy (non-hydrogen) atoms. The SMILES string of the molecule is O=C1CCC(N2Cc3cc(C(=O)N4CCC(N5CCN(c6cccc(Cl)c6Cl)CC5)C(F)(F)C4)c(F)cc3C2=O)C(=O)N1. The molecular formula is C29H28Cl2F3N5O4. The lowest BCUT2D eigenvalue weighted by molar-refractivity contribution is -0.136. The predicted octanol–water partition coefficient (Wildman–Crippen LogP) is 3.57. The van der Waals surface area contributed by atoms with Crippen LogP contribution >= 0.6 is 23.2 Å². The molecule has 4 amide bonds. The molecule has 228 valence electrons. The van der Waals surface area contributed by atoms with Crippen LogP contribution < -0.4 is 10.2 Å². The number of hydrogen-bond acceptors (Lipinski definition) is 6. The molecule has 9 nitrogen and oxygen atoms in total. The topological polar surface area (TPSA) is 93.3 Å². The molecule has 4 aliphatic rings. The van der Waals surface area contributed by atoms with Crippen molar-refractivity contribution in [2.45, 2.75) is 43.8 Å². The van der Waals surface area contributed by atoms with Crippen molar-refractivity contribution in [1.29, 1.82) is 0 Å². The molecular weight excluding hydrogens is 610 g/mol. The van der Waals surface area contributed by atoms with Crippen molar-refractivity contribution in [2.75, 3.05) is 44.2 Å². The van der Waals surface area contributed by atoms with Gasteiger partial charge in [0.2, 0.25) is 11.8 Å². The highest BCUT2D eigenvalue weighted by Crippen LogP contribution is 2.36. The maximum atomic E-state index is 15.5. The number of likely N-dealkylation sites (tertiary alicyclic amines) is 1. The fraction of sp³-hybridized carbons (Fsp3) is 0.448. The number of imide groups is 1. The van der Waals surface area contributed by atoms with Crippen molar-refractivity contribution in [3.05, 3.63) is 62.9 Å². The second kappa shape index (κ2) is 11.3. The van der Waals surface area contributed by atoms with Gasteiger partial charge >= 0.3 is 0 Å². The molecule has 2 atom stereocenters. The molecule has 4 aliphatic heterocycles. The Morgan fingerprint density at radius 2 is 1.74 bits per heavy atom. The number of carbonyl (C=O) groups excluding carboxylic acids is 4. The van der Waals surface area contributed by atoms with E-state index in [9.17, 15) is 19.2 Å². The summed E-state index contributed by atoms with van der Waals surface area (Å²) in [5, 5.41) is 3.03. The van der Waals surface area contributed by atoms with Crippen LogP contribution in [-0.4, -0.2) is 95.6 Å². The molecule has 4 heterocycles. The lowest BCUT2D eigenvalue weighted by Crippen LogP contribution is -2.62. The summed E-state index contributed by atoms with van der Waals surface area (Å²) in [7, 11) is 0. The van der Waals surface area contributed by atoms with Gasteiger partial charge in [0.05, 0.1) is 33.9 Å². The number of rotatable bonds is 4. The summed E-state index contributed by atoms with van der Waals surface area (Å²) in [5.74, 6) is -6.76. The average molecular weight is 638 g/mol. The Bertz CT molecular complexity index is 1520. The van der Waals surface area contributed by atoms with E-state index in [4.69, 9.17) is 23.2 Å². The van der Waals surface area contributed by atoms with E-state index in [-0.39, 0.29) is 37.9 Å². The molecule has 3 fully saturated rings. The van der Waals surface area contributed by atoms with E-state index < -0.39 is 59.6 Å². The number of alkyl halides is 2. The van der Waals surface area contributed by atoms with Crippen molar-refractivity contribution < 1.29 is 32.3 Å². The lowest BCUT2D eigenvalue weighted by atomic mass is 9.96. The molecule has 1 N–H and O–H groups in total. The molecule has 3 saturated heterocycles. The van der Waals surface area contributed by atoms with Crippen LogP contribution in [0.15, 0.2) is 30.3 Å². The van der Waals surface area contributed by atoms with E-state index in [1.807, 2.05) is 11.0 Å². The zero-order valence-electron chi connectivity index (χ0n) is 22.9. The number of carbonyl (C=O) groups is 4. The molecule has 2 aromatic carbocycles. The highest BCUT2D eigenvalue weighted by Gasteiger charge is 2.49. The van der Waals surface area contributed by atoms with E-state index in [0.29, 0.717) is 41.8 Å². The molecule has 14 heteroatoms.